The van der Waals surface area contributed by atoms with E-state index in [1.165, 1.54) is 4.90 Å². The third-order valence-electron chi connectivity index (χ3n) is 3.21. The molecule has 0 spiro atoms. The Bertz CT molecular complexity index is 317. The lowest BCUT2D eigenvalue weighted by atomic mass is 10.0. The van der Waals surface area contributed by atoms with Crippen LogP contribution < -0.4 is 0 Å². The number of hydrogen-bond donors (Lipinski definition) is 1. The number of rotatable bonds is 1. The summed E-state index contributed by atoms with van der Waals surface area (Å²) in [6, 6.07) is 0. The molecule has 0 radical (unpaired) electrons. The highest BCUT2D eigenvalue weighted by molar-refractivity contribution is 6.07. The van der Waals surface area contributed by atoms with Gasteiger partial charge in [0.1, 0.15) is 0 Å². The molecule has 0 aromatic carbocycles. The maximum atomic E-state index is 11.6. The second kappa shape index (κ2) is 1.78. The topological polar surface area (TPSA) is 70.1 Å². The highest BCUT2D eigenvalue weighted by atomic mass is 16.6. The lowest BCUT2D eigenvalue weighted by molar-refractivity contribution is -0.156. The van der Waals surface area contributed by atoms with E-state index < -0.39 is 17.4 Å². The minimum absolute atomic E-state index is 0.368. The smallest absolute Gasteiger partial charge is 0.267 e. The molecule has 0 aliphatic carbocycles. The van der Waals surface area contributed by atoms with Crippen molar-refractivity contribution in [3.05, 3.63) is 0 Å². The van der Waals surface area contributed by atoms with E-state index >= 15 is 0 Å². The average Bonchev–Trinajstić information content (AvgIpc) is 2.72. The number of fused-ring (bicyclic) bond motifs is 3. The first-order valence-corrected chi connectivity index (χ1v) is 4.34. The molecule has 0 aromatic heterocycles. The van der Waals surface area contributed by atoms with Gasteiger partial charge in [0.05, 0.1) is 0 Å². The first-order chi connectivity index (χ1) is 6.15. The van der Waals surface area contributed by atoms with Crippen molar-refractivity contribution in [1.29, 1.82) is 0 Å². The highest BCUT2D eigenvalue weighted by Gasteiger charge is 2.81. The molecule has 5 heteroatoms. The molecular weight excluding hydrogens is 174 g/mol. The van der Waals surface area contributed by atoms with Crippen molar-refractivity contribution in [2.75, 3.05) is 6.54 Å². The number of carbonyl (C=O) groups is 2. The van der Waals surface area contributed by atoms with Crippen LogP contribution in [0.5, 0.6) is 0 Å². The lowest BCUT2D eigenvalue weighted by Gasteiger charge is -2.27. The monoisotopic (exact) mass is 183 g/mol. The van der Waals surface area contributed by atoms with E-state index in [-0.39, 0.29) is 5.91 Å². The highest BCUT2D eigenvalue weighted by Crippen LogP contribution is 2.55. The van der Waals surface area contributed by atoms with Gasteiger partial charge in [-0.1, -0.05) is 0 Å². The van der Waals surface area contributed by atoms with Crippen LogP contribution in [0.3, 0.4) is 0 Å². The molecule has 3 aliphatic rings. The number of amides is 1. The second-order valence-electron chi connectivity index (χ2n) is 3.85. The molecule has 3 aliphatic heterocycles. The van der Waals surface area contributed by atoms with Gasteiger partial charge in [-0.2, -0.15) is 0 Å². The molecule has 3 heterocycles. The van der Waals surface area contributed by atoms with Crippen molar-refractivity contribution in [3.63, 3.8) is 0 Å². The van der Waals surface area contributed by atoms with Gasteiger partial charge in [0.15, 0.2) is 18.1 Å². The Morgan fingerprint density at radius 1 is 1.69 bits per heavy atom. The molecule has 2 unspecified atom stereocenters. The van der Waals surface area contributed by atoms with Gasteiger partial charge in [-0.15, -0.1) is 0 Å². The number of epoxide rings is 1. The van der Waals surface area contributed by atoms with E-state index in [1.807, 2.05) is 0 Å². The van der Waals surface area contributed by atoms with Crippen LogP contribution in [0.1, 0.15) is 12.8 Å². The van der Waals surface area contributed by atoms with E-state index in [1.54, 1.807) is 0 Å². The zero-order valence-corrected chi connectivity index (χ0v) is 6.90. The third-order valence-corrected chi connectivity index (χ3v) is 3.21. The maximum absolute atomic E-state index is 11.6. The van der Waals surface area contributed by atoms with Crippen LogP contribution in [0.15, 0.2) is 0 Å². The second-order valence-corrected chi connectivity index (χ2v) is 3.85. The predicted octanol–water partition coefficient (Wildman–Crippen LogP) is -1.35. The van der Waals surface area contributed by atoms with E-state index in [9.17, 15) is 14.7 Å². The van der Waals surface area contributed by atoms with Crippen LogP contribution in [0.4, 0.5) is 0 Å². The number of aldehydes is 1. The van der Waals surface area contributed by atoms with Crippen LogP contribution in [0.25, 0.3) is 0 Å². The Kier molecular flexibility index (Phi) is 1.02. The Morgan fingerprint density at radius 2 is 2.46 bits per heavy atom. The summed E-state index contributed by atoms with van der Waals surface area (Å²) in [6.45, 7) is 0.533. The van der Waals surface area contributed by atoms with E-state index in [4.69, 9.17) is 4.74 Å². The fourth-order valence-corrected chi connectivity index (χ4v) is 2.49. The number of aliphatic hydroxyl groups is 1. The molecule has 1 N–H and O–H groups in total. The minimum Gasteiger partial charge on any atom is -0.368 e. The van der Waals surface area contributed by atoms with E-state index in [0.29, 0.717) is 19.3 Å². The standard InChI is InChI=1S/C8H9NO4/c10-4-7-5(13-7)8(12)2-1-3-9(8)6(7)11/h4-5,12H,1-3H2/t5?,7-,8?/m0/s1. The third kappa shape index (κ3) is 0.566. The zero-order chi connectivity index (χ0) is 9.27. The van der Waals surface area contributed by atoms with Crippen LogP contribution >= 0.6 is 0 Å². The predicted molar refractivity (Wildman–Crippen MR) is 39.6 cm³/mol. The summed E-state index contributed by atoms with van der Waals surface area (Å²) in [5.41, 5.74) is -2.52. The van der Waals surface area contributed by atoms with Gasteiger partial charge in [0.25, 0.3) is 5.91 Å². The summed E-state index contributed by atoms with van der Waals surface area (Å²) in [5.74, 6) is -0.368. The van der Waals surface area contributed by atoms with Crippen molar-refractivity contribution < 1.29 is 19.4 Å². The fraction of sp³-hybridized carbons (Fsp3) is 0.750. The Hall–Kier alpha value is -0.940. The SMILES string of the molecule is O=C[C@]12OC1C1(O)CCCN1C2=O. The van der Waals surface area contributed by atoms with Crippen molar-refractivity contribution in [2.24, 2.45) is 0 Å². The summed E-state index contributed by atoms with van der Waals surface area (Å²) in [7, 11) is 0. The molecule has 1 amide bonds. The van der Waals surface area contributed by atoms with Gasteiger partial charge >= 0.3 is 0 Å². The Balaban J connectivity index is 2.08. The first kappa shape index (κ1) is 7.46. The van der Waals surface area contributed by atoms with Crippen LogP contribution in [-0.2, 0) is 14.3 Å². The molecule has 0 aromatic rings. The Morgan fingerprint density at radius 3 is 3.08 bits per heavy atom. The molecule has 13 heavy (non-hydrogen) atoms. The summed E-state index contributed by atoms with van der Waals surface area (Å²) in [4.78, 5) is 23.6. The molecule has 3 rings (SSSR count). The van der Waals surface area contributed by atoms with Gasteiger partial charge in [-0.3, -0.25) is 9.59 Å². The number of carbonyl (C=O) groups excluding carboxylic acids is 2. The van der Waals surface area contributed by atoms with Crippen LogP contribution in [0, 0.1) is 0 Å². The van der Waals surface area contributed by atoms with Gasteiger partial charge in [0, 0.05) is 6.54 Å². The molecule has 5 nitrogen and oxygen atoms in total. The number of ether oxygens (including phenoxy) is 1. The van der Waals surface area contributed by atoms with E-state index in [2.05, 4.69) is 0 Å². The van der Waals surface area contributed by atoms with Crippen LogP contribution in [-0.4, -0.2) is 46.2 Å². The summed E-state index contributed by atoms with van der Waals surface area (Å²) in [5, 5.41) is 10.0. The quantitative estimate of drug-likeness (QED) is 0.310. The summed E-state index contributed by atoms with van der Waals surface area (Å²) >= 11 is 0. The molecule has 3 atom stereocenters. The van der Waals surface area contributed by atoms with Gasteiger partial charge in [-0.25, -0.2) is 0 Å². The van der Waals surface area contributed by atoms with Crippen LogP contribution in [0.2, 0.25) is 0 Å². The van der Waals surface area contributed by atoms with Crippen molar-refractivity contribution in [3.8, 4) is 0 Å². The van der Waals surface area contributed by atoms with Gasteiger partial charge < -0.3 is 14.7 Å². The minimum atomic E-state index is -1.32. The molecule has 3 fully saturated rings. The summed E-state index contributed by atoms with van der Waals surface area (Å²) in [6.07, 6.45) is 1.18. The lowest BCUT2D eigenvalue weighted by Crippen LogP contribution is -2.46. The molecule has 0 bridgehead atoms. The number of nitrogens with zero attached hydrogens (tertiary/aromatic N) is 1. The largest absolute Gasteiger partial charge is 0.368 e. The van der Waals surface area contributed by atoms with Crippen molar-refractivity contribution in [1.82, 2.24) is 4.90 Å². The van der Waals surface area contributed by atoms with Gasteiger partial charge in [0.2, 0.25) is 5.60 Å². The average molecular weight is 183 g/mol. The van der Waals surface area contributed by atoms with Crippen molar-refractivity contribution >= 4 is 12.2 Å². The normalized spacial score (nSPS) is 51.9. The summed E-state index contributed by atoms with van der Waals surface area (Å²) < 4.78 is 5.01. The number of hydrogen-bond acceptors (Lipinski definition) is 4. The molecule has 3 saturated heterocycles. The maximum Gasteiger partial charge on any atom is 0.267 e. The first-order valence-electron chi connectivity index (χ1n) is 4.34. The molecular formula is C8H9NO4. The van der Waals surface area contributed by atoms with Gasteiger partial charge in [-0.05, 0) is 12.8 Å². The molecule has 0 saturated carbocycles. The number of morpholine rings is 1. The van der Waals surface area contributed by atoms with Crippen molar-refractivity contribution in [2.45, 2.75) is 30.3 Å². The zero-order valence-electron chi connectivity index (χ0n) is 6.90. The van der Waals surface area contributed by atoms with E-state index in [0.717, 1.165) is 6.42 Å². The molecule has 70 valence electrons. The fourth-order valence-electron chi connectivity index (χ4n) is 2.49. The Labute approximate surface area is 74.3 Å².